The molecule has 0 atom stereocenters. The lowest BCUT2D eigenvalue weighted by molar-refractivity contribution is -0.127. The minimum Gasteiger partial charge on any atom is -0.343 e. The maximum atomic E-state index is 11.9. The molecule has 1 fully saturated rings. The van der Waals surface area contributed by atoms with E-state index in [9.17, 15) is 13.2 Å². The summed E-state index contributed by atoms with van der Waals surface area (Å²) in [5.41, 5.74) is 0. The average molecular weight is 318 g/mol. The third kappa shape index (κ3) is 3.91. The lowest BCUT2D eigenvalue weighted by Gasteiger charge is -2.15. The number of hydrogen-bond acceptors (Lipinski definition) is 4. The Bertz CT molecular complexity index is 574. The SMILES string of the molecule is O=C1CCCN1CCCNS(=O)(=O)c1ccc(Cl)nc1. The molecule has 110 valence electrons. The van der Waals surface area contributed by atoms with E-state index in [1.807, 2.05) is 0 Å². The summed E-state index contributed by atoms with van der Waals surface area (Å²) in [7, 11) is -3.56. The Kier molecular flexibility index (Phi) is 4.95. The first-order valence-electron chi connectivity index (χ1n) is 6.38. The van der Waals surface area contributed by atoms with E-state index in [1.54, 1.807) is 4.90 Å². The van der Waals surface area contributed by atoms with Crippen molar-refractivity contribution >= 4 is 27.5 Å². The van der Waals surface area contributed by atoms with Crippen LogP contribution < -0.4 is 4.72 Å². The van der Waals surface area contributed by atoms with Gasteiger partial charge in [-0.1, -0.05) is 11.6 Å². The van der Waals surface area contributed by atoms with Crippen LogP contribution in [-0.2, 0) is 14.8 Å². The van der Waals surface area contributed by atoms with Gasteiger partial charge >= 0.3 is 0 Å². The van der Waals surface area contributed by atoms with Gasteiger partial charge in [-0.3, -0.25) is 4.79 Å². The van der Waals surface area contributed by atoms with E-state index < -0.39 is 10.0 Å². The van der Waals surface area contributed by atoms with Gasteiger partial charge in [0.25, 0.3) is 0 Å². The van der Waals surface area contributed by atoms with Crippen molar-refractivity contribution in [3.63, 3.8) is 0 Å². The second kappa shape index (κ2) is 6.51. The zero-order valence-electron chi connectivity index (χ0n) is 10.9. The average Bonchev–Trinajstić information content (AvgIpc) is 2.81. The van der Waals surface area contributed by atoms with Gasteiger partial charge in [-0.05, 0) is 25.0 Å². The van der Waals surface area contributed by atoms with E-state index in [4.69, 9.17) is 11.6 Å². The molecule has 1 N–H and O–H groups in total. The lowest BCUT2D eigenvalue weighted by atomic mass is 10.4. The highest BCUT2D eigenvalue weighted by molar-refractivity contribution is 7.89. The summed E-state index contributed by atoms with van der Waals surface area (Å²) in [5.74, 6) is 0.148. The molecular weight excluding hydrogens is 302 g/mol. The third-order valence-electron chi connectivity index (χ3n) is 3.08. The van der Waals surface area contributed by atoms with Crippen molar-refractivity contribution in [3.8, 4) is 0 Å². The highest BCUT2D eigenvalue weighted by Crippen LogP contribution is 2.11. The van der Waals surface area contributed by atoms with E-state index in [2.05, 4.69) is 9.71 Å². The van der Waals surface area contributed by atoms with Gasteiger partial charge in [0, 0.05) is 32.3 Å². The van der Waals surface area contributed by atoms with Crippen molar-refractivity contribution in [1.29, 1.82) is 0 Å². The molecule has 1 aromatic rings. The van der Waals surface area contributed by atoms with Crippen molar-refractivity contribution in [2.45, 2.75) is 24.2 Å². The summed E-state index contributed by atoms with van der Waals surface area (Å²) in [4.78, 5) is 17.0. The molecule has 0 aromatic carbocycles. The maximum Gasteiger partial charge on any atom is 0.242 e. The summed E-state index contributed by atoms with van der Waals surface area (Å²) in [6, 6.07) is 2.83. The smallest absolute Gasteiger partial charge is 0.242 e. The molecule has 0 aliphatic carbocycles. The predicted molar refractivity (Wildman–Crippen MR) is 74.9 cm³/mol. The number of rotatable bonds is 6. The van der Waals surface area contributed by atoms with Crippen molar-refractivity contribution < 1.29 is 13.2 Å². The van der Waals surface area contributed by atoms with Gasteiger partial charge in [-0.2, -0.15) is 0 Å². The second-order valence-electron chi connectivity index (χ2n) is 4.55. The fraction of sp³-hybridized carbons (Fsp3) is 0.500. The molecule has 0 unspecified atom stereocenters. The number of aromatic nitrogens is 1. The standard InChI is InChI=1S/C12H16ClN3O3S/c13-11-5-4-10(9-14-11)20(18,19)15-6-2-8-16-7-1-3-12(16)17/h4-5,9,15H,1-3,6-8H2. The number of carbonyl (C=O) groups is 1. The number of carbonyl (C=O) groups excluding carboxylic acids is 1. The Morgan fingerprint density at radius 2 is 2.20 bits per heavy atom. The molecule has 20 heavy (non-hydrogen) atoms. The maximum absolute atomic E-state index is 11.9. The van der Waals surface area contributed by atoms with Crippen LogP contribution in [0.25, 0.3) is 0 Å². The van der Waals surface area contributed by atoms with Crippen LogP contribution in [0.1, 0.15) is 19.3 Å². The molecule has 1 aliphatic rings. The third-order valence-corrected chi connectivity index (χ3v) is 4.75. The number of nitrogens with one attached hydrogen (secondary N) is 1. The Morgan fingerprint density at radius 1 is 1.40 bits per heavy atom. The molecule has 1 saturated heterocycles. The van der Waals surface area contributed by atoms with Crippen molar-refractivity contribution in [1.82, 2.24) is 14.6 Å². The van der Waals surface area contributed by atoms with Crippen LogP contribution >= 0.6 is 11.6 Å². The zero-order chi connectivity index (χ0) is 14.6. The fourth-order valence-corrected chi connectivity index (χ4v) is 3.15. The molecule has 2 rings (SSSR count). The number of hydrogen-bond donors (Lipinski definition) is 1. The Labute approximate surface area is 123 Å². The molecule has 1 amide bonds. The van der Waals surface area contributed by atoms with Crippen LogP contribution in [0.2, 0.25) is 5.15 Å². The van der Waals surface area contributed by atoms with Gasteiger partial charge in [0.05, 0.1) is 0 Å². The summed E-state index contributed by atoms with van der Waals surface area (Å²) in [5, 5.41) is 0.247. The van der Waals surface area contributed by atoms with Crippen LogP contribution in [0.5, 0.6) is 0 Å². The Hall–Kier alpha value is -1.18. The van der Waals surface area contributed by atoms with Crippen molar-refractivity contribution in [2.75, 3.05) is 19.6 Å². The Morgan fingerprint density at radius 3 is 2.80 bits per heavy atom. The topological polar surface area (TPSA) is 79.4 Å². The molecule has 2 heterocycles. The van der Waals surface area contributed by atoms with Gasteiger partial charge < -0.3 is 4.90 Å². The molecule has 0 saturated carbocycles. The van der Waals surface area contributed by atoms with Gasteiger partial charge in [0.15, 0.2) is 0 Å². The Balaban J connectivity index is 1.80. The first kappa shape index (κ1) is 15.2. The minimum absolute atomic E-state index is 0.0825. The molecule has 6 nitrogen and oxygen atoms in total. The number of pyridine rings is 1. The van der Waals surface area contributed by atoms with E-state index in [-0.39, 0.29) is 22.5 Å². The largest absolute Gasteiger partial charge is 0.343 e. The highest BCUT2D eigenvalue weighted by atomic mass is 35.5. The molecule has 1 aromatic heterocycles. The fourth-order valence-electron chi connectivity index (χ4n) is 2.02. The lowest BCUT2D eigenvalue weighted by Crippen LogP contribution is -2.30. The van der Waals surface area contributed by atoms with Gasteiger partial charge in [0.1, 0.15) is 10.0 Å². The molecular formula is C12H16ClN3O3S. The van der Waals surface area contributed by atoms with Gasteiger partial charge in [-0.25, -0.2) is 18.1 Å². The molecule has 8 heteroatoms. The summed E-state index contributed by atoms with van der Waals surface area (Å²) in [6.45, 7) is 1.64. The van der Waals surface area contributed by atoms with Crippen LogP contribution in [0.4, 0.5) is 0 Å². The normalized spacial score (nSPS) is 15.8. The van der Waals surface area contributed by atoms with Crippen molar-refractivity contribution in [3.05, 3.63) is 23.5 Å². The minimum atomic E-state index is -3.56. The number of amides is 1. The summed E-state index contributed by atoms with van der Waals surface area (Å²) >= 11 is 5.61. The second-order valence-corrected chi connectivity index (χ2v) is 6.71. The molecule has 0 bridgehead atoms. The van der Waals surface area contributed by atoms with Crippen LogP contribution in [0.15, 0.2) is 23.2 Å². The first-order chi connectivity index (χ1) is 9.49. The van der Waals surface area contributed by atoms with Crippen LogP contribution in [0.3, 0.4) is 0 Å². The van der Waals surface area contributed by atoms with E-state index >= 15 is 0 Å². The quantitative estimate of drug-likeness (QED) is 0.627. The van der Waals surface area contributed by atoms with Crippen LogP contribution in [-0.4, -0.2) is 43.8 Å². The van der Waals surface area contributed by atoms with E-state index in [1.165, 1.54) is 18.3 Å². The van der Waals surface area contributed by atoms with Gasteiger partial charge in [0.2, 0.25) is 15.9 Å². The zero-order valence-corrected chi connectivity index (χ0v) is 12.5. The summed E-state index contributed by atoms with van der Waals surface area (Å²) < 4.78 is 26.3. The number of nitrogens with zero attached hydrogens (tertiary/aromatic N) is 2. The van der Waals surface area contributed by atoms with E-state index in [0.29, 0.717) is 19.4 Å². The molecule has 1 aliphatic heterocycles. The number of halogens is 1. The molecule has 0 spiro atoms. The monoisotopic (exact) mass is 317 g/mol. The first-order valence-corrected chi connectivity index (χ1v) is 8.24. The summed E-state index contributed by atoms with van der Waals surface area (Å²) in [6.07, 6.45) is 3.30. The van der Waals surface area contributed by atoms with Gasteiger partial charge in [-0.15, -0.1) is 0 Å². The van der Waals surface area contributed by atoms with Crippen LogP contribution in [0, 0.1) is 0 Å². The van der Waals surface area contributed by atoms with Crippen molar-refractivity contribution in [2.24, 2.45) is 0 Å². The number of sulfonamides is 1. The highest BCUT2D eigenvalue weighted by Gasteiger charge is 2.19. The number of likely N-dealkylation sites (tertiary alicyclic amines) is 1. The molecule has 0 radical (unpaired) electrons. The predicted octanol–water partition coefficient (Wildman–Crippen LogP) is 1.03. The van der Waals surface area contributed by atoms with E-state index in [0.717, 1.165) is 13.0 Å².